The van der Waals surface area contributed by atoms with Gasteiger partial charge in [0.15, 0.2) is 5.75 Å². The summed E-state index contributed by atoms with van der Waals surface area (Å²) in [7, 11) is 1.61. The maximum atomic E-state index is 14.7. The van der Waals surface area contributed by atoms with Gasteiger partial charge in [0, 0.05) is 1080 Å². The molecule has 0 aliphatic carbocycles. The van der Waals surface area contributed by atoms with Crippen LogP contribution in [0.3, 0.4) is 0 Å². The van der Waals surface area contributed by atoms with Crippen LogP contribution in [0.25, 0.3) is 0 Å². The van der Waals surface area contributed by atoms with Crippen molar-refractivity contribution in [2.75, 3.05) is 23.9 Å². The molecule has 0 aromatic heterocycles. The van der Waals surface area contributed by atoms with Crippen molar-refractivity contribution in [3.63, 3.8) is 0 Å². The van der Waals surface area contributed by atoms with E-state index in [4.69, 9.17) is 9.47 Å². The summed E-state index contributed by atoms with van der Waals surface area (Å²) in [6.45, 7) is 0.253. The fourth-order valence-corrected chi connectivity index (χ4v) is 5.52. The van der Waals surface area contributed by atoms with Gasteiger partial charge in [0.1, 0.15) is 18.2 Å². The Hall–Kier alpha value is 34.6. The SMILES string of the molecule is COc1ccc(COc2c(F)cc(N[C-]=O)cc2C2SCCCS2)cc1.[Y].[Y].[Y].[Y].[Y].[Y].[Y].[Y].[Y].[Y].[Y].[Y].[Y].[Y].[Y].[Y].[Y].[Y].[Y].[Y].[Y].[Y].[Y].[Y].[Y].[Y].[Y].[Y].[Y].[Y].[Y].[Y].[Y]. The predicted molar refractivity (Wildman–Crippen MR) is 105 cm³/mol. The summed E-state index contributed by atoms with van der Waals surface area (Å²) in [5.74, 6) is 2.56. The van der Waals surface area contributed by atoms with Crippen LogP contribution in [0.4, 0.5) is 10.1 Å². The molecule has 0 spiro atoms. The Kier molecular flexibility index (Phi) is 526. The molecule has 59 heavy (non-hydrogen) atoms. The molecular weight excluding hydrogens is 3310 g/mol. The number of amides is 1. The number of methoxy groups -OCH3 is 1. The van der Waals surface area contributed by atoms with Crippen LogP contribution in [0.2, 0.25) is 0 Å². The number of ether oxygens (including phenoxy) is 2. The number of hydrogen-bond acceptors (Lipinski definition) is 5. The molecule has 0 saturated carbocycles. The Morgan fingerprint density at radius 2 is 0.881 bits per heavy atom. The van der Waals surface area contributed by atoms with Gasteiger partial charge in [0.2, 0.25) is 0 Å². The van der Waals surface area contributed by atoms with E-state index in [2.05, 4.69) is 5.32 Å². The molecule has 3 rings (SSSR count). The largest absolute Gasteiger partial charge is 0.497 e. The van der Waals surface area contributed by atoms with Gasteiger partial charge in [-0.2, -0.15) is 0 Å². The Balaban J connectivity index is -0.00000000819. The second-order valence-electron chi connectivity index (χ2n) is 5.67. The van der Waals surface area contributed by atoms with Crippen molar-refractivity contribution in [3.05, 3.63) is 53.3 Å². The van der Waals surface area contributed by atoms with Crippen LogP contribution >= 0.6 is 23.5 Å². The van der Waals surface area contributed by atoms with Gasteiger partial charge in [-0.15, -0.1) is 35.3 Å². The molecule has 1 amide bonds. The van der Waals surface area contributed by atoms with Crippen molar-refractivity contribution >= 4 is 35.6 Å². The van der Waals surface area contributed by atoms with E-state index in [1.54, 1.807) is 43.1 Å². The van der Waals surface area contributed by atoms with E-state index in [0.29, 0.717) is 5.69 Å². The summed E-state index contributed by atoms with van der Waals surface area (Å²) in [4.78, 5) is 10.6. The molecule has 4 nitrogen and oxygen atoms in total. The first-order chi connectivity index (χ1) is 12.7. The van der Waals surface area contributed by atoms with E-state index in [9.17, 15) is 9.18 Å². The summed E-state index contributed by atoms with van der Waals surface area (Å²) in [5, 5.41) is 2.41. The average Bonchev–Trinajstić information content (AvgIpc) is 2.68. The van der Waals surface area contributed by atoms with E-state index in [1.807, 2.05) is 24.3 Å². The monoisotopic (exact) mass is 3330 g/mol. The third kappa shape index (κ3) is 111. The van der Waals surface area contributed by atoms with E-state index in [0.717, 1.165) is 34.8 Å². The molecule has 0 unspecified atom stereocenters. The van der Waals surface area contributed by atoms with Crippen LogP contribution in [0.1, 0.15) is 22.1 Å². The molecule has 1 aliphatic rings. The fourth-order valence-electron chi connectivity index (χ4n) is 2.62. The Labute approximate surface area is 1200 Å². The minimum absolute atomic E-state index is 0. The maximum absolute atomic E-state index is 14.7. The molecular formula is C19H19FNO3S2Y33-. The summed E-state index contributed by atoms with van der Waals surface area (Å²) < 4.78 is 25.7. The van der Waals surface area contributed by atoms with Crippen molar-refractivity contribution < 1.29 is 1100 Å². The fraction of sp³-hybridized carbons (Fsp3) is 0.316. The Bertz CT molecular complexity index is 808. The van der Waals surface area contributed by atoms with E-state index in [-0.39, 0.29) is 1100 Å². The van der Waals surface area contributed by atoms with Crippen molar-refractivity contribution in [2.24, 2.45) is 0 Å². The smallest absolute Gasteiger partial charge is 0.157 e. The first kappa shape index (κ1) is 205. The minimum atomic E-state index is -0.486. The summed E-state index contributed by atoms with van der Waals surface area (Å²) in [6.07, 6.45) is 2.73. The van der Waals surface area contributed by atoms with E-state index >= 15 is 0 Å². The molecule has 2 aromatic carbocycles. The van der Waals surface area contributed by atoms with Gasteiger partial charge in [-0.1, -0.05) is 18.2 Å². The molecule has 1 saturated heterocycles. The van der Waals surface area contributed by atoms with Gasteiger partial charge in [0.05, 0.1) is 18.1 Å². The normalized spacial score (nSPS) is 6.47. The Morgan fingerprint density at radius 3 is 1.17 bits per heavy atom. The molecule has 40 heteroatoms. The van der Waals surface area contributed by atoms with Crippen LogP contribution in [0, 0.1) is 5.82 Å². The molecule has 2 aromatic rings. The number of anilines is 1. The van der Waals surface area contributed by atoms with Crippen LogP contribution in [-0.4, -0.2) is 25.0 Å². The number of thioether (sulfide) groups is 2. The second kappa shape index (κ2) is 152. The van der Waals surface area contributed by atoms with Crippen molar-refractivity contribution in [2.45, 2.75) is 17.6 Å². The maximum Gasteiger partial charge on any atom is 0.157 e. The standard InChI is InChI=1S/C19H19FNO3S2.33Y/c1-23-15-5-3-13(4-6-15)11-24-18-16(19-25-7-2-8-26-19)9-14(21-12-22)10-17(18)20;;;;;;;;;;;;;;;;;;;;;;;;;;;;;;;;;/h3-6,9-10,19H,2,7-8,11H2,1H3,(H,21,22);;;;;;;;;;;;;;;;;;;;;;;;;;;;;;;;;/q-1;;;;;;;;;;;;;;;;;;;;;;;;;;;;;;;;;. The molecule has 1 N–H and O–H groups in total. The van der Waals surface area contributed by atoms with Gasteiger partial charge in [-0.3, -0.25) is 0 Å². The number of nitrogens with one attached hydrogen (secondary N) is 1. The average molecular weight is 3330 g/mol. The van der Waals surface area contributed by atoms with Crippen LogP contribution < -0.4 is 14.8 Å². The zero-order valence-electron chi connectivity index (χ0n) is 33.3. The third-order valence-electron chi connectivity index (χ3n) is 3.89. The van der Waals surface area contributed by atoms with Crippen molar-refractivity contribution in [1.29, 1.82) is 0 Å². The minimum Gasteiger partial charge on any atom is -0.497 e. The van der Waals surface area contributed by atoms with Gasteiger partial charge >= 0.3 is 0 Å². The first-order valence-corrected chi connectivity index (χ1v) is 10.3. The van der Waals surface area contributed by atoms with Crippen LogP contribution in [-0.2, 0) is 1090 Å². The summed E-state index contributed by atoms with van der Waals surface area (Å²) in [6, 6.07) is 10.5. The quantitative estimate of drug-likeness (QED) is 0.323. The van der Waals surface area contributed by atoms with Crippen molar-refractivity contribution in [1.82, 2.24) is 0 Å². The van der Waals surface area contributed by atoms with Gasteiger partial charge in [0.25, 0.3) is 0 Å². The summed E-state index contributed by atoms with van der Waals surface area (Å²) >= 11 is 3.53. The topological polar surface area (TPSA) is 47.6 Å². The molecule has 1 heterocycles. The number of rotatable bonds is 7. The number of halogens is 1. The molecule has 0 bridgehead atoms. The number of carbonyl (C=O) groups excluding carboxylic acids is 1. The molecule has 0 atom stereocenters. The zero-order valence-corrected chi connectivity index (χ0v) is 129. The molecule has 33 radical (unpaired) electrons. The van der Waals surface area contributed by atoms with Crippen LogP contribution in [0.15, 0.2) is 36.4 Å². The second-order valence-corrected chi connectivity index (χ2v) is 8.39. The molecule has 237 valence electrons. The van der Waals surface area contributed by atoms with Gasteiger partial charge in [-0.05, 0) is 35.6 Å². The van der Waals surface area contributed by atoms with E-state index < -0.39 is 5.82 Å². The number of benzene rings is 2. The first-order valence-electron chi connectivity index (χ1n) is 8.17. The van der Waals surface area contributed by atoms with Crippen molar-refractivity contribution in [3.8, 4) is 11.5 Å². The Morgan fingerprint density at radius 1 is 0.559 bits per heavy atom. The third-order valence-corrected chi connectivity index (χ3v) is 6.87. The van der Waals surface area contributed by atoms with Crippen LogP contribution in [0.5, 0.6) is 11.5 Å². The van der Waals surface area contributed by atoms with E-state index in [1.165, 1.54) is 6.07 Å². The molecule has 1 aliphatic heterocycles. The molecule has 1 fully saturated rings. The zero-order chi connectivity index (χ0) is 18.4. The summed E-state index contributed by atoms with van der Waals surface area (Å²) in [5.41, 5.74) is 2.06. The van der Waals surface area contributed by atoms with Gasteiger partial charge in [-0.25, -0.2) is 4.39 Å². The number of hydrogen-bond donors (Lipinski definition) is 1. The van der Waals surface area contributed by atoms with Gasteiger partial charge < -0.3 is 19.6 Å². The predicted octanol–water partition coefficient (Wildman–Crippen LogP) is 4.68.